The predicted octanol–water partition coefficient (Wildman–Crippen LogP) is 1.88. The fraction of sp³-hybridized carbons (Fsp3) is 0.360. The molecule has 0 unspecified atom stereocenters. The molecule has 0 atom stereocenters. The average Bonchev–Trinajstić information content (AvgIpc) is 3.27. The Morgan fingerprint density at radius 2 is 1.85 bits per heavy atom. The number of hydrogen-bond donors (Lipinski definition) is 2. The van der Waals surface area contributed by atoms with E-state index in [0.717, 1.165) is 25.2 Å². The molecule has 4 rings (SSSR count). The molecule has 178 valence electrons. The average molecular weight is 464 g/mol. The van der Waals surface area contributed by atoms with E-state index >= 15 is 0 Å². The Balaban J connectivity index is 1.13. The minimum atomic E-state index is -0.529. The standard InChI is InChI=1S/C25H29N5O4/c1-18-5-4-6-19(15-18)16-29-11-13-30(14-12-29)22(31)17-34-23(32)9-10-26-25(33)24-20-7-2-3-8-21(20)27-28-24/h2-8,15H,9-14,16-17H2,1H3,(H,26,33)(H,27,28). The molecule has 2 heterocycles. The number of nitrogens with one attached hydrogen (secondary N) is 2. The molecule has 1 fully saturated rings. The van der Waals surface area contributed by atoms with Crippen LogP contribution in [0.5, 0.6) is 0 Å². The maximum atomic E-state index is 12.4. The summed E-state index contributed by atoms with van der Waals surface area (Å²) in [5.41, 5.74) is 3.55. The second-order valence-corrected chi connectivity index (χ2v) is 8.43. The Bertz CT molecular complexity index is 1170. The molecule has 1 aromatic heterocycles. The van der Waals surface area contributed by atoms with Gasteiger partial charge in [-0.25, -0.2) is 0 Å². The van der Waals surface area contributed by atoms with Crippen LogP contribution in [0.2, 0.25) is 0 Å². The number of aromatic amines is 1. The lowest BCUT2D eigenvalue weighted by Crippen LogP contribution is -2.49. The molecule has 0 aliphatic carbocycles. The molecule has 34 heavy (non-hydrogen) atoms. The molecule has 9 heteroatoms. The fourth-order valence-corrected chi connectivity index (χ4v) is 4.03. The Morgan fingerprint density at radius 3 is 2.65 bits per heavy atom. The summed E-state index contributed by atoms with van der Waals surface area (Å²) in [6.07, 6.45) is -0.0222. The highest BCUT2D eigenvalue weighted by Gasteiger charge is 2.22. The SMILES string of the molecule is Cc1cccc(CN2CCN(C(=O)COC(=O)CCNC(=O)c3n[nH]c4ccccc34)CC2)c1. The number of rotatable bonds is 8. The third-order valence-electron chi connectivity index (χ3n) is 5.87. The number of fused-ring (bicyclic) bond motifs is 1. The quantitative estimate of drug-likeness (QED) is 0.494. The van der Waals surface area contributed by atoms with Crippen molar-refractivity contribution in [1.29, 1.82) is 0 Å². The fourth-order valence-electron chi connectivity index (χ4n) is 4.03. The van der Waals surface area contributed by atoms with E-state index in [-0.39, 0.29) is 37.1 Å². The van der Waals surface area contributed by atoms with Crippen molar-refractivity contribution in [1.82, 2.24) is 25.3 Å². The van der Waals surface area contributed by atoms with Gasteiger partial charge in [-0.2, -0.15) is 5.10 Å². The summed E-state index contributed by atoms with van der Waals surface area (Å²) in [5.74, 6) is -1.10. The van der Waals surface area contributed by atoms with Gasteiger partial charge in [0.15, 0.2) is 12.3 Å². The van der Waals surface area contributed by atoms with Crippen molar-refractivity contribution >= 4 is 28.7 Å². The second-order valence-electron chi connectivity index (χ2n) is 8.43. The second kappa shape index (κ2) is 10.9. The van der Waals surface area contributed by atoms with E-state index in [1.165, 1.54) is 11.1 Å². The third-order valence-corrected chi connectivity index (χ3v) is 5.87. The van der Waals surface area contributed by atoms with Crippen molar-refractivity contribution in [3.63, 3.8) is 0 Å². The van der Waals surface area contributed by atoms with Gasteiger partial charge in [0, 0.05) is 44.7 Å². The van der Waals surface area contributed by atoms with Gasteiger partial charge in [-0.3, -0.25) is 24.4 Å². The number of para-hydroxylation sites is 1. The van der Waals surface area contributed by atoms with Gasteiger partial charge in [0.05, 0.1) is 11.9 Å². The van der Waals surface area contributed by atoms with Crippen molar-refractivity contribution in [2.75, 3.05) is 39.3 Å². The molecule has 3 aromatic rings. The van der Waals surface area contributed by atoms with E-state index in [2.05, 4.69) is 51.6 Å². The molecule has 0 bridgehead atoms. The zero-order valence-corrected chi connectivity index (χ0v) is 19.3. The van der Waals surface area contributed by atoms with Gasteiger partial charge in [0.2, 0.25) is 0 Å². The number of benzene rings is 2. The molecule has 0 radical (unpaired) electrons. The van der Waals surface area contributed by atoms with Crippen LogP contribution in [0, 0.1) is 6.92 Å². The summed E-state index contributed by atoms with van der Waals surface area (Å²) in [7, 11) is 0. The van der Waals surface area contributed by atoms with Crippen LogP contribution in [0.25, 0.3) is 10.9 Å². The molecule has 2 aromatic carbocycles. The molecule has 2 amide bonds. The monoisotopic (exact) mass is 463 g/mol. The van der Waals surface area contributed by atoms with Gasteiger partial charge >= 0.3 is 5.97 Å². The van der Waals surface area contributed by atoms with Crippen molar-refractivity contribution in [2.24, 2.45) is 0 Å². The van der Waals surface area contributed by atoms with E-state index in [4.69, 9.17) is 4.74 Å². The topological polar surface area (TPSA) is 108 Å². The van der Waals surface area contributed by atoms with Crippen LogP contribution in [0.3, 0.4) is 0 Å². The minimum Gasteiger partial charge on any atom is -0.456 e. The number of aromatic nitrogens is 2. The molecule has 0 saturated carbocycles. The number of piperazine rings is 1. The number of hydrogen-bond acceptors (Lipinski definition) is 6. The first kappa shape index (κ1) is 23.4. The first-order valence-corrected chi connectivity index (χ1v) is 11.4. The van der Waals surface area contributed by atoms with E-state index in [1.807, 2.05) is 18.2 Å². The highest BCUT2D eigenvalue weighted by atomic mass is 16.5. The Kier molecular flexibility index (Phi) is 7.54. The Morgan fingerprint density at radius 1 is 1.06 bits per heavy atom. The molecule has 1 aliphatic heterocycles. The van der Waals surface area contributed by atoms with Gasteiger partial charge in [-0.1, -0.05) is 48.0 Å². The lowest BCUT2D eigenvalue weighted by molar-refractivity contribution is -0.152. The molecular weight excluding hydrogens is 434 g/mol. The summed E-state index contributed by atoms with van der Waals surface area (Å²) in [6.45, 7) is 5.53. The summed E-state index contributed by atoms with van der Waals surface area (Å²) in [5, 5.41) is 10.2. The first-order chi connectivity index (χ1) is 16.5. The van der Waals surface area contributed by atoms with Crippen LogP contribution in [0.4, 0.5) is 0 Å². The van der Waals surface area contributed by atoms with Crippen molar-refractivity contribution in [2.45, 2.75) is 19.9 Å². The molecule has 0 spiro atoms. The number of carbonyl (C=O) groups excluding carboxylic acids is 3. The highest BCUT2D eigenvalue weighted by molar-refractivity contribution is 6.04. The number of H-pyrrole nitrogens is 1. The van der Waals surface area contributed by atoms with Crippen molar-refractivity contribution in [3.8, 4) is 0 Å². The molecule has 9 nitrogen and oxygen atoms in total. The van der Waals surface area contributed by atoms with Gasteiger partial charge in [0.25, 0.3) is 11.8 Å². The van der Waals surface area contributed by atoms with Gasteiger partial charge in [-0.15, -0.1) is 0 Å². The lowest BCUT2D eigenvalue weighted by Gasteiger charge is -2.34. The number of ether oxygens (including phenoxy) is 1. The Hall–Kier alpha value is -3.72. The van der Waals surface area contributed by atoms with Crippen LogP contribution in [-0.2, 0) is 20.9 Å². The molecular formula is C25H29N5O4. The number of amides is 2. The van der Waals surface area contributed by atoms with Crippen LogP contribution in [0.15, 0.2) is 48.5 Å². The number of carbonyl (C=O) groups is 3. The van der Waals surface area contributed by atoms with E-state index < -0.39 is 5.97 Å². The van der Waals surface area contributed by atoms with Crippen molar-refractivity contribution in [3.05, 3.63) is 65.4 Å². The zero-order chi connectivity index (χ0) is 23.9. The summed E-state index contributed by atoms with van der Waals surface area (Å²) in [4.78, 5) is 40.8. The lowest BCUT2D eigenvalue weighted by atomic mass is 10.1. The van der Waals surface area contributed by atoms with Gasteiger partial charge < -0.3 is 15.0 Å². The number of nitrogens with zero attached hydrogens (tertiary/aromatic N) is 3. The van der Waals surface area contributed by atoms with Crippen LogP contribution in [0.1, 0.15) is 28.0 Å². The van der Waals surface area contributed by atoms with Crippen LogP contribution >= 0.6 is 0 Å². The highest BCUT2D eigenvalue weighted by Crippen LogP contribution is 2.15. The van der Waals surface area contributed by atoms with E-state index in [1.54, 1.807) is 11.0 Å². The summed E-state index contributed by atoms with van der Waals surface area (Å²) in [6, 6.07) is 15.7. The molecule has 2 N–H and O–H groups in total. The Labute approximate surface area is 198 Å². The predicted molar refractivity (Wildman–Crippen MR) is 127 cm³/mol. The normalized spacial score (nSPS) is 14.2. The summed E-state index contributed by atoms with van der Waals surface area (Å²) < 4.78 is 5.12. The maximum Gasteiger partial charge on any atom is 0.308 e. The maximum absolute atomic E-state index is 12.4. The minimum absolute atomic E-state index is 0.0222. The van der Waals surface area contributed by atoms with E-state index in [9.17, 15) is 14.4 Å². The van der Waals surface area contributed by atoms with E-state index in [0.29, 0.717) is 18.5 Å². The molecule has 1 aliphatic rings. The van der Waals surface area contributed by atoms with Crippen LogP contribution in [-0.4, -0.2) is 77.1 Å². The van der Waals surface area contributed by atoms with Gasteiger partial charge in [0.1, 0.15) is 0 Å². The molecule has 1 saturated heterocycles. The first-order valence-electron chi connectivity index (χ1n) is 11.4. The third kappa shape index (κ3) is 5.99. The summed E-state index contributed by atoms with van der Waals surface area (Å²) >= 11 is 0. The van der Waals surface area contributed by atoms with Gasteiger partial charge in [-0.05, 0) is 18.6 Å². The number of aryl methyl sites for hydroxylation is 1. The van der Waals surface area contributed by atoms with Crippen LogP contribution < -0.4 is 5.32 Å². The largest absolute Gasteiger partial charge is 0.456 e. The smallest absolute Gasteiger partial charge is 0.308 e. The zero-order valence-electron chi connectivity index (χ0n) is 19.3. The number of esters is 1. The van der Waals surface area contributed by atoms with Crippen molar-refractivity contribution < 1.29 is 19.1 Å².